The summed E-state index contributed by atoms with van der Waals surface area (Å²) in [6.07, 6.45) is -8.48. The number of carbonyl (C=O) groups excluding carboxylic acids is 1. The number of rotatable bonds is 7. The van der Waals surface area contributed by atoms with Gasteiger partial charge in [-0.1, -0.05) is 0 Å². The van der Waals surface area contributed by atoms with Crippen LogP contribution in [0.1, 0.15) is 29.5 Å². The first kappa shape index (κ1) is 25.3. The van der Waals surface area contributed by atoms with Gasteiger partial charge >= 0.3 is 18.4 Å². The largest absolute Gasteiger partial charge is 0.450 e. The van der Waals surface area contributed by atoms with E-state index in [1.54, 1.807) is 4.57 Å². The second kappa shape index (κ2) is 9.91. The Morgan fingerprint density at radius 2 is 1.71 bits per heavy atom. The van der Waals surface area contributed by atoms with Crippen LogP contribution >= 0.6 is 11.6 Å². The van der Waals surface area contributed by atoms with E-state index in [0.717, 1.165) is 0 Å². The summed E-state index contributed by atoms with van der Waals surface area (Å²) in [4.78, 5) is 23.7. The van der Waals surface area contributed by atoms with Gasteiger partial charge in [0.25, 0.3) is 0 Å². The monoisotopic (exact) mass is 510 g/mol. The van der Waals surface area contributed by atoms with Crippen LogP contribution in [0.4, 0.5) is 37.0 Å². The molecule has 0 aliphatic heterocycles. The number of unbranched alkanes of at least 4 members (excludes halogenated alkanes) is 1. The third kappa shape index (κ3) is 6.40. The van der Waals surface area contributed by atoms with Gasteiger partial charge in [-0.2, -0.15) is 36.3 Å². The number of fused-ring (bicyclic) bond motifs is 1. The molecule has 184 valence electrons. The van der Waals surface area contributed by atoms with Crippen molar-refractivity contribution in [1.82, 2.24) is 24.8 Å². The molecule has 8 nitrogen and oxygen atoms in total. The average molecular weight is 511 g/mol. The van der Waals surface area contributed by atoms with Crippen LogP contribution in [-0.4, -0.2) is 32.2 Å². The highest BCUT2D eigenvalue weighted by Gasteiger charge is 2.36. The molecule has 34 heavy (non-hydrogen) atoms. The van der Waals surface area contributed by atoms with E-state index in [2.05, 4.69) is 20.3 Å². The van der Waals surface area contributed by atoms with E-state index in [1.165, 1.54) is 6.33 Å². The summed E-state index contributed by atoms with van der Waals surface area (Å²) in [5.74, 6) is 0.136. The minimum absolute atomic E-state index is 0.0135. The lowest BCUT2D eigenvalue weighted by atomic mass is 10.0. The summed E-state index contributed by atoms with van der Waals surface area (Å²) in [6.45, 7) is -0.166. The zero-order valence-corrected chi connectivity index (χ0v) is 17.9. The van der Waals surface area contributed by atoms with E-state index >= 15 is 0 Å². The van der Waals surface area contributed by atoms with E-state index in [4.69, 9.17) is 22.1 Å². The number of amides is 1. The second-order valence-electron chi connectivity index (χ2n) is 7.10. The fourth-order valence-corrected chi connectivity index (χ4v) is 3.17. The number of nitrogens with zero attached hydrogens (tertiary/aromatic N) is 4. The predicted octanol–water partition coefficient (Wildman–Crippen LogP) is 4.81. The molecule has 0 spiro atoms. The van der Waals surface area contributed by atoms with Crippen molar-refractivity contribution in [2.24, 2.45) is 0 Å². The molecule has 0 unspecified atom stereocenters. The van der Waals surface area contributed by atoms with Crippen LogP contribution in [0.2, 0.25) is 5.28 Å². The number of imidazole rings is 1. The maximum Gasteiger partial charge on any atom is 0.416 e. The predicted molar refractivity (Wildman–Crippen MR) is 109 cm³/mol. The van der Waals surface area contributed by atoms with Crippen LogP contribution in [0.3, 0.4) is 0 Å². The van der Waals surface area contributed by atoms with Crippen molar-refractivity contribution in [1.29, 1.82) is 0 Å². The Labute approximate surface area is 193 Å². The van der Waals surface area contributed by atoms with Crippen molar-refractivity contribution < 1.29 is 35.9 Å². The molecule has 3 N–H and O–H groups in total. The third-order valence-electron chi connectivity index (χ3n) is 4.57. The lowest BCUT2D eigenvalue weighted by Gasteiger charge is -2.14. The van der Waals surface area contributed by atoms with Crippen LogP contribution in [0, 0.1) is 0 Å². The highest BCUT2D eigenvalue weighted by Crippen LogP contribution is 2.36. The minimum atomic E-state index is -4.97. The number of alkyl carbamates (subject to hydrolysis) is 1. The minimum Gasteiger partial charge on any atom is -0.450 e. The topological polar surface area (TPSA) is 108 Å². The maximum atomic E-state index is 12.9. The number of alkyl halides is 6. The zero-order chi connectivity index (χ0) is 25.1. The number of hydrogen-bond donors (Lipinski definition) is 2. The molecule has 0 bridgehead atoms. The van der Waals surface area contributed by atoms with Crippen LogP contribution < -0.4 is 11.1 Å². The van der Waals surface area contributed by atoms with Gasteiger partial charge in [0.15, 0.2) is 11.5 Å². The van der Waals surface area contributed by atoms with Gasteiger partial charge in [0.1, 0.15) is 5.52 Å². The Hall–Kier alpha value is -3.29. The summed E-state index contributed by atoms with van der Waals surface area (Å²) in [5.41, 5.74) is 3.26. The molecule has 2 aromatic heterocycles. The lowest BCUT2D eigenvalue weighted by Crippen LogP contribution is -2.25. The number of aryl methyl sites for hydroxylation is 1. The molecule has 0 aliphatic rings. The SMILES string of the molecule is Nc1nc(Cl)nc2c1ncn2CCCCOC(=O)NCc1cc(C(F)(F)F)cc(C(F)(F)F)c1. The first-order valence-electron chi connectivity index (χ1n) is 9.67. The quantitative estimate of drug-likeness (QED) is 0.268. The summed E-state index contributed by atoms with van der Waals surface area (Å²) in [5, 5.41) is 2.11. The fraction of sp³-hybridized carbons (Fsp3) is 0.368. The molecule has 3 rings (SSSR count). The molecule has 15 heteroatoms. The average Bonchev–Trinajstić information content (AvgIpc) is 3.13. The van der Waals surface area contributed by atoms with Crippen molar-refractivity contribution in [2.75, 3.05) is 12.3 Å². The van der Waals surface area contributed by atoms with Gasteiger partial charge < -0.3 is 20.4 Å². The van der Waals surface area contributed by atoms with E-state index in [1.807, 2.05) is 0 Å². The van der Waals surface area contributed by atoms with Crippen molar-refractivity contribution in [2.45, 2.75) is 38.3 Å². The van der Waals surface area contributed by atoms with Crippen molar-refractivity contribution in [3.63, 3.8) is 0 Å². The van der Waals surface area contributed by atoms with Gasteiger partial charge in [-0.05, 0) is 48.2 Å². The molecule has 3 aromatic rings. The highest BCUT2D eigenvalue weighted by atomic mass is 35.5. The number of hydrogen-bond acceptors (Lipinski definition) is 6. The van der Waals surface area contributed by atoms with Crippen molar-refractivity contribution >= 4 is 34.7 Å². The van der Waals surface area contributed by atoms with Crippen LogP contribution in [0.15, 0.2) is 24.5 Å². The third-order valence-corrected chi connectivity index (χ3v) is 4.74. The molecular weight excluding hydrogens is 494 g/mol. The number of aromatic nitrogens is 4. The molecule has 0 aliphatic carbocycles. The summed E-state index contributed by atoms with van der Waals surface area (Å²) in [7, 11) is 0. The van der Waals surface area contributed by atoms with E-state index in [9.17, 15) is 31.1 Å². The summed E-state index contributed by atoms with van der Waals surface area (Å²) in [6, 6.07) is 1.08. The number of anilines is 1. The number of benzene rings is 1. The molecule has 0 saturated heterocycles. The Bertz CT molecular complexity index is 1150. The Balaban J connectivity index is 1.48. The maximum absolute atomic E-state index is 12.9. The Morgan fingerprint density at radius 1 is 1.06 bits per heavy atom. The van der Waals surface area contributed by atoms with E-state index in [-0.39, 0.29) is 29.3 Å². The van der Waals surface area contributed by atoms with Crippen molar-refractivity contribution in [3.8, 4) is 0 Å². The van der Waals surface area contributed by atoms with Crippen LogP contribution in [0.5, 0.6) is 0 Å². The normalized spacial score (nSPS) is 12.2. The number of nitrogen functional groups attached to an aromatic ring is 1. The summed E-state index contributed by atoms with van der Waals surface area (Å²) >= 11 is 5.79. The Kier molecular flexibility index (Phi) is 7.38. The number of nitrogens with two attached hydrogens (primary N) is 1. The number of carbonyl (C=O) groups is 1. The smallest absolute Gasteiger partial charge is 0.416 e. The zero-order valence-electron chi connectivity index (χ0n) is 17.2. The molecule has 2 heterocycles. The second-order valence-corrected chi connectivity index (χ2v) is 7.44. The van der Waals surface area contributed by atoms with Gasteiger partial charge in [-0.15, -0.1) is 0 Å². The Morgan fingerprint density at radius 3 is 2.32 bits per heavy atom. The standard InChI is InChI=1S/C19H17ClF6N6O2/c20-16-30-14(27)13-15(31-16)32(9-29-13)3-1-2-4-34-17(33)28-8-10-5-11(18(21,22)23)7-12(6-10)19(24,25)26/h5-7,9H,1-4,8H2,(H,28,33)(H2,27,30,31). The first-order valence-corrected chi connectivity index (χ1v) is 10.0. The molecule has 0 saturated carbocycles. The number of ether oxygens (including phenoxy) is 1. The van der Waals surface area contributed by atoms with Crippen molar-refractivity contribution in [3.05, 3.63) is 46.5 Å². The van der Waals surface area contributed by atoms with Crippen LogP contribution in [-0.2, 0) is 30.2 Å². The lowest BCUT2D eigenvalue weighted by molar-refractivity contribution is -0.143. The molecular formula is C19H17ClF6N6O2. The molecule has 0 atom stereocenters. The van der Waals surface area contributed by atoms with Gasteiger partial charge in [0, 0.05) is 13.1 Å². The van der Waals surface area contributed by atoms with Crippen LogP contribution in [0.25, 0.3) is 11.2 Å². The van der Waals surface area contributed by atoms with Gasteiger partial charge in [0.2, 0.25) is 5.28 Å². The van der Waals surface area contributed by atoms with E-state index in [0.29, 0.717) is 42.7 Å². The molecule has 1 amide bonds. The molecule has 0 fully saturated rings. The number of halogens is 7. The molecule has 1 aromatic carbocycles. The molecule has 0 radical (unpaired) electrons. The fourth-order valence-electron chi connectivity index (χ4n) is 3.00. The number of nitrogens with one attached hydrogen (secondary N) is 1. The van der Waals surface area contributed by atoms with Gasteiger partial charge in [-0.25, -0.2) is 9.78 Å². The van der Waals surface area contributed by atoms with Gasteiger partial charge in [-0.3, -0.25) is 0 Å². The summed E-state index contributed by atoms with van der Waals surface area (Å²) < 4.78 is 84.0. The first-order chi connectivity index (χ1) is 15.8. The van der Waals surface area contributed by atoms with E-state index < -0.39 is 36.1 Å². The van der Waals surface area contributed by atoms with Gasteiger partial charge in [0.05, 0.1) is 24.1 Å². The highest BCUT2D eigenvalue weighted by molar-refractivity contribution is 6.28.